The number of nitrogens with two attached hydrogens (primary N) is 1. The molecule has 0 saturated carbocycles. The lowest BCUT2D eigenvalue weighted by Crippen LogP contribution is -2.36. The minimum absolute atomic E-state index is 0.0116. The highest BCUT2D eigenvalue weighted by Crippen LogP contribution is 2.29. The van der Waals surface area contributed by atoms with Gasteiger partial charge in [-0.3, -0.25) is 4.79 Å². The van der Waals surface area contributed by atoms with Crippen molar-refractivity contribution < 1.29 is 22.7 Å². The van der Waals surface area contributed by atoms with E-state index >= 15 is 0 Å². The molecule has 1 aromatic rings. The van der Waals surface area contributed by atoms with E-state index in [1.807, 2.05) is 0 Å². The number of carbonyl (C=O) groups is 1. The molecular formula is C12H16F3N3O2. The standard InChI is InChI=1S/C12H16F3N3O2/c1-6(11(19)18(2)3)17-9-5-10(20-12(14)15)7(13)4-8(9)16/h4-6,12,17H,16H2,1-3H3. The zero-order valence-corrected chi connectivity index (χ0v) is 11.3. The van der Waals surface area contributed by atoms with E-state index in [1.54, 1.807) is 21.0 Å². The highest BCUT2D eigenvalue weighted by Gasteiger charge is 2.18. The van der Waals surface area contributed by atoms with Crippen LogP contribution in [-0.2, 0) is 4.79 Å². The highest BCUT2D eigenvalue weighted by molar-refractivity contribution is 5.85. The van der Waals surface area contributed by atoms with E-state index in [-0.39, 0.29) is 17.3 Å². The van der Waals surface area contributed by atoms with E-state index in [0.29, 0.717) is 0 Å². The van der Waals surface area contributed by atoms with Crippen molar-refractivity contribution in [3.8, 4) is 5.75 Å². The average Bonchev–Trinajstić information content (AvgIpc) is 2.33. The van der Waals surface area contributed by atoms with E-state index in [4.69, 9.17) is 5.73 Å². The molecule has 0 aliphatic carbocycles. The van der Waals surface area contributed by atoms with E-state index in [9.17, 15) is 18.0 Å². The molecular weight excluding hydrogens is 275 g/mol. The number of rotatable bonds is 5. The lowest BCUT2D eigenvalue weighted by atomic mass is 10.2. The van der Waals surface area contributed by atoms with Crippen LogP contribution in [-0.4, -0.2) is 37.6 Å². The van der Waals surface area contributed by atoms with E-state index in [1.165, 1.54) is 4.90 Å². The number of nitrogen functional groups attached to an aromatic ring is 1. The second kappa shape index (κ2) is 6.36. The molecule has 0 heterocycles. The summed E-state index contributed by atoms with van der Waals surface area (Å²) in [6.07, 6.45) is 0. The fourth-order valence-corrected chi connectivity index (χ4v) is 1.56. The molecule has 0 fully saturated rings. The van der Waals surface area contributed by atoms with Crippen LogP contribution < -0.4 is 15.8 Å². The van der Waals surface area contributed by atoms with Crippen LogP contribution in [0.3, 0.4) is 0 Å². The van der Waals surface area contributed by atoms with Crippen molar-refractivity contribution in [2.24, 2.45) is 0 Å². The van der Waals surface area contributed by atoms with Crippen molar-refractivity contribution >= 4 is 17.3 Å². The Balaban J connectivity index is 2.97. The molecule has 0 radical (unpaired) electrons. The molecule has 0 spiro atoms. The fourth-order valence-electron chi connectivity index (χ4n) is 1.56. The minimum atomic E-state index is -3.15. The maximum absolute atomic E-state index is 13.4. The van der Waals surface area contributed by atoms with Crippen molar-refractivity contribution in [3.05, 3.63) is 17.9 Å². The van der Waals surface area contributed by atoms with E-state index in [2.05, 4.69) is 10.1 Å². The number of hydrogen-bond donors (Lipinski definition) is 2. The Morgan fingerprint density at radius 2 is 2.00 bits per heavy atom. The molecule has 1 unspecified atom stereocenters. The summed E-state index contributed by atoms with van der Waals surface area (Å²) >= 11 is 0. The fraction of sp³-hybridized carbons (Fsp3) is 0.417. The predicted molar refractivity (Wildman–Crippen MR) is 69.2 cm³/mol. The lowest BCUT2D eigenvalue weighted by molar-refractivity contribution is -0.129. The van der Waals surface area contributed by atoms with Gasteiger partial charge >= 0.3 is 6.61 Å². The van der Waals surface area contributed by atoms with Gasteiger partial charge in [0.05, 0.1) is 11.4 Å². The van der Waals surface area contributed by atoms with Gasteiger partial charge in [0.15, 0.2) is 11.6 Å². The quantitative estimate of drug-likeness (QED) is 0.813. The number of amides is 1. The summed E-state index contributed by atoms with van der Waals surface area (Å²) in [6.45, 7) is -1.58. The Labute approximate surface area is 114 Å². The third kappa shape index (κ3) is 3.94. The number of hydrogen-bond acceptors (Lipinski definition) is 4. The first-order chi connectivity index (χ1) is 9.22. The van der Waals surface area contributed by atoms with Crippen molar-refractivity contribution in [3.63, 3.8) is 0 Å². The number of ether oxygens (including phenoxy) is 1. The summed E-state index contributed by atoms with van der Waals surface area (Å²) in [5, 5.41) is 2.72. The van der Waals surface area contributed by atoms with Gasteiger partial charge < -0.3 is 20.7 Å². The number of alkyl halides is 2. The largest absolute Gasteiger partial charge is 0.432 e. The molecule has 8 heteroatoms. The van der Waals surface area contributed by atoms with Crippen LogP contribution in [0.1, 0.15) is 6.92 Å². The summed E-state index contributed by atoms with van der Waals surface area (Å²) < 4.78 is 41.7. The molecule has 3 N–H and O–H groups in total. The number of nitrogens with one attached hydrogen (secondary N) is 1. The van der Waals surface area contributed by atoms with Crippen LogP contribution in [0.25, 0.3) is 0 Å². The van der Waals surface area contributed by atoms with Gasteiger partial charge in [0.1, 0.15) is 6.04 Å². The number of benzene rings is 1. The molecule has 0 aliphatic rings. The molecule has 1 aromatic carbocycles. The van der Waals surface area contributed by atoms with E-state index in [0.717, 1.165) is 12.1 Å². The van der Waals surface area contributed by atoms with Gasteiger partial charge in [-0.2, -0.15) is 8.78 Å². The van der Waals surface area contributed by atoms with Crippen molar-refractivity contribution in [2.75, 3.05) is 25.1 Å². The number of anilines is 2. The maximum Gasteiger partial charge on any atom is 0.387 e. The van der Waals surface area contributed by atoms with Crippen LogP contribution in [0.2, 0.25) is 0 Å². The molecule has 0 bridgehead atoms. The molecule has 5 nitrogen and oxygen atoms in total. The number of nitrogens with zero attached hydrogens (tertiary/aromatic N) is 1. The van der Waals surface area contributed by atoms with Gasteiger partial charge in [-0.15, -0.1) is 0 Å². The van der Waals surface area contributed by atoms with Gasteiger partial charge in [-0.25, -0.2) is 4.39 Å². The zero-order chi connectivity index (χ0) is 15.4. The molecule has 0 aliphatic heterocycles. The SMILES string of the molecule is CC(Nc1cc(OC(F)F)c(F)cc1N)C(=O)N(C)C. The normalized spacial score (nSPS) is 12.2. The summed E-state index contributed by atoms with van der Waals surface area (Å²) in [5.41, 5.74) is 5.71. The van der Waals surface area contributed by atoms with E-state index < -0.39 is 24.2 Å². The Bertz CT molecular complexity index is 495. The summed E-state index contributed by atoms with van der Waals surface area (Å²) in [5.74, 6) is -1.88. The zero-order valence-electron chi connectivity index (χ0n) is 11.3. The maximum atomic E-state index is 13.4. The topological polar surface area (TPSA) is 67.6 Å². The van der Waals surface area contributed by atoms with Crippen LogP contribution in [0.15, 0.2) is 12.1 Å². The Morgan fingerprint density at radius 1 is 1.40 bits per heavy atom. The molecule has 0 saturated heterocycles. The third-order valence-electron chi connectivity index (χ3n) is 2.50. The van der Waals surface area contributed by atoms with Gasteiger partial charge in [0, 0.05) is 26.2 Å². The Morgan fingerprint density at radius 3 is 2.50 bits per heavy atom. The number of carbonyl (C=O) groups excluding carboxylic acids is 1. The van der Waals surface area contributed by atoms with Gasteiger partial charge in [-0.05, 0) is 6.92 Å². The average molecular weight is 291 g/mol. The van der Waals surface area contributed by atoms with Gasteiger partial charge in [0.25, 0.3) is 0 Å². The second-order valence-electron chi connectivity index (χ2n) is 4.35. The summed E-state index contributed by atoms with van der Waals surface area (Å²) in [4.78, 5) is 13.0. The van der Waals surface area contributed by atoms with Crippen LogP contribution in [0.4, 0.5) is 24.5 Å². The molecule has 1 atom stereocenters. The first-order valence-corrected chi connectivity index (χ1v) is 5.74. The van der Waals surface area contributed by atoms with Crippen molar-refractivity contribution in [1.82, 2.24) is 4.90 Å². The Hall–Kier alpha value is -2.12. The number of halogens is 3. The van der Waals surface area contributed by atoms with Crippen LogP contribution in [0.5, 0.6) is 5.75 Å². The molecule has 112 valence electrons. The smallest absolute Gasteiger partial charge is 0.387 e. The minimum Gasteiger partial charge on any atom is -0.432 e. The van der Waals surface area contributed by atoms with Crippen molar-refractivity contribution in [2.45, 2.75) is 19.6 Å². The molecule has 1 amide bonds. The molecule has 1 rings (SSSR count). The number of likely N-dealkylation sites (N-methyl/N-ethyl adjacent to an activating group) is 1. The highest BCUT2D eigenvalue weighted by atomic mass is 19.3. The molecule has 0 aromatic heterocycles. The first kappa shape index (κ1) is 15.9. The lowest BCUT2D eigenvalue weighted by Gasteiger charge is -2.20. The van der Waals surface area contributed by atoms with Crippen LogP contribution in [0, 0.1) is 5.82 Å². The van der Waals surface area contributed by atoms with Gasteiger partial charge in [0.2, 0.25) is 5.91 Å². The van der Waals surface area contributed by atoms with Gasteiger partial charge in [-0.1, -0.05) is 0 Å². The Kier molecular flexibility index (Phi) is 5.06. The van der Waals surface area contributed by atoms with Crippen molar-refractivity contribution in [1.29, 1.82) is 0 Å². The summed E-state index contributed by atoms with van der Waals surface area (Å²) in [6, 6.07) is 1.19. The summed E-state index contributed by atoms with van der Waals surface area (Å²) in [7, 11) is 3.14. The first-order valence-electron chi connectivity index (χ1n) is 5.74. The predicted octanol–water partition coefficient (Wildman–Crippen LogP) is 1.90. The second-order valence-corrected chi connectivity index (χ2v) is 4.35. The monoisotopic (exact) mass is 291 g/mol. The van der Waals surface area contributed by atoms with Crippen LogP contribution >= 0.6 is 0 Å². The third-order valence-corrected chi connectivity index (χ3v) is 2.50. The molecule has 20 heavy (non-hydrogen) atoms.